The van der Waals surface area contributed by atoms with Crippen molar-refractivity contribution in [1.82, 2.24) is 0 Å². The molecule has 0 heterocycles. The summed E-state index contributed by atoms with van der Waals surface area (Å²) in [6.07, 6.45) is 5.74. The quantitative estimate of drug-likeness (QED) is 0.240. The van der Waals surface area contributed by atoms with Gasteiger partial charge in [0.15, 0.2) is 0 Å². The van der Waals surface area contributed by atoms with E-state index in [1.807, 2.05) is 0 Å². The van der Waals surface area contributed by atoms with E-state index in [0.717, 1.165) is 19.4 Å². The van der Waals surface area contributed by atoms with E-state index in [1.54, 1.807) is 0 Å². The molecule has 0 fully saturated rings. The van der Waals surface area contributed by atoms with Crippen LogP contribution in [0.1, 0.15) is 39.0 Å². The van der Waals surface area contributed by atoms with Gasteiger partial charge in [-0.25, -0.2) is 0 Å². The van der Waals surface area contributed by atoms with Crippen LogP contribution in [0.25, 0.3) is 0 Å². The first-order chi connectivity index (χ1) is 9.56. The SMILES string of the molecule is CCCCCCOCCOCCOCCC[Si](Cl)(Cl)Cl. The molecule has 20 heavy (non-hydrogen) atoms. The van der Waals surface area contributed by atoms with Gasteiger partial charge in [-0.3, -0.25) is 0 Å². The van der Waals surface area contributed by atoms with Gasteiger partial charge in [0.2, 0.25) is 0 Å². The molecule has 3 nitrogen and oxygen atoms in total. The Morgan fingerprint density at radius 2 is 1.15 bits per heavy atom. The van der Waals surface area contributed by atoms with E-state index in [4.69, 9.17) is 47.4 Å². The topological polar surface area (TPSA) is 27.7 Å². The number of halogens is 3. The van der Waals surface area contributed by atoms with E-state index in [0.29, 0.717) is 39.1 Å². The molecule has 0 amide bonds. The molecule has 0 aromatic rings. The standard InChI is InChI=1S/C13H27Cl3O3Si/c1-2-3-4-5-7-17-9-11-19-12-10-18-8-6-13-20(14,15)16/h2-13H2,1H3. The van der Waals surface area contributed by atoms with Gasteiger partial charge in [-0.2, -0.15) is 0 Å². The third-order valence-electron chi connectivity index (χ3n) is 2.64. The van der Waals surface area contributed by atoms with Crippen LogP contribution in [-0.4, -0.2) is 45.6 Å². The Hall–Kier alpha value is 0.967. The first-order valence-corrected chi connectivity index (χ1v) is 12.6. The molecule has 0 atom stereocenters. The average molecular weight is 366 g/mol. The maximum atomic E-state index is 5.76. The number of unbranched alkanes of at least 4 members (excludes halogenated alkanes) is 3. The third kappa shape index (κ3) is 19.0. The lowest BCUT2D eigenvalue weighted by Gasteiger charge is -2.08. The summed E-state index contributed by atoms with van der Waals surface area (Å²) in [7, 11) is 0. The summed E-state index contributed by atoms with van der Waals surface area (Å²) in [5, 5.41) is 0. The minimum absolute atomic E-state index is 0.581. The van der Waals surface area contributed by atoms with Crippen molar-refractivity contribution >= 4 is 39.2 Å². The largest absolute Gasteiger partial charge is 0.379 e. The van der Waals surface area contributed by atoms with E-state index >= 15 is 0 Å². The Bertz CT molecular complexity index is 204. The highest BCUT2D eigenvalue weighted by Crippen LogP contribution is 2.26. The summed E-state index contributed by atoms with van der Waals surface area (Å²) in [5.41, 5.74) is 0. The molecular weight excluding hydrogens is 339 g/mol. The monoisotopic (exact) mass is 364 g/mol. The molecule has 0 saturated heterocycles. The predicted octanol–water partition coefficient (Wildman–Crippen LogP) is 4.66. The minimum Gasteiger partial charge on any atom is -0.379 e. The van der Waals surface area contributed by atoms with Crippen molar-refractivity contribution in [3.63, 3.8) is 0 Å². The minimum atomic E-state index is -2.47. The van der Waals surface area contributed by atoms with Gasteiger partial charge in [0.1, 0.15) is 0 Å². The Balaban J connectivity index is 2.99. The molecule has 0 unspecified atom stereocenters. The number of hydrogen-bond acceptors (Lipinski definition) is 3. The van der Waals surface area contributed by atoms with Crippen LogP contribution < -0.4 is 0 Å². The second-order valence-electron chi connectivity index (χ2n) is 4.62. The smallest absolute Gasteiger partial charge is 0.341 e. The zero-order valence-corrected chi connectivity index (χ0v) is 15.6. The summed E-state index contributed by atoms with van der Waals surface area (Å²) in [4.78, 5) is 0. The average Bonchev–Trinajstić information content (AvgIpc) is 2.38. The third-order valence-corrected chi connectivity index (χ3v) is 5.26. The Morgan fingerprint density at radius 1 is 0.650 bits per heavy atom. The molecule has 122 valence electrons. The lowest BCUT2D eigenvalue weighted by molar-refractivity contribution is 0.0140. The van der Waals surface area contributed by atoms with Crippen molar-refractivity contribution in [2.75, 3.05) is 39.6 Å². The lowest BCUT2D eigenvalue weighted by atomic mass is 10.2. The van der Waals surface area contributed by atoms with Crippen LogP contribution in [0, 0.1) is 0 Å². The maximum absolute atomic E-state index is 5.76. The molecule has 0 aliphatic heterocycles. The Labute approximate surface area is 138 Å². The van der Waals surface area contributed by atoms with Crippen LogP contribution >= 0.6 is 33.2 Å². The normalized spacial score (nSPS) is 12.0. The molecule has 0 aliphatic carbocycles. The van der Waals surface area contributed by atoms with Crippen molar-refractivity contribution in [3.05, 3.63) is 0 Å². The van der Waals surface area contributed by atoms with E-state index in [9.17, 15) is 0 Å². The molecule has 0 spiro atoms. The molecule has 0 radical (unpaired) electrons. The molecule has 7 heteroatoms. The molecular formula is C13H27Cl3O3Si. The molecule has 0 aromatic heterocycles. The van der Waals surface area contributed by atoms with Crippen molar-refractivity contribution in [2.24, 2.45) is 0 Å². The first-order valence-electron chi connectivity index (χ1n) is 7.36. The highest BCUT2D eigenvalue weighted by molar-refractivity contribution is 7.64. The van der Waals surface area contributed by atoms with Crippen LogP contribution in [0.5, 0.6) is 0 Å². The van der Waals surface area contributed by atoms with Crippen LogP contribution in [0.2, 0.25) is 6.04 Å². The highest BCUT2D eigenvalue weighted by Gasteiger charge is 2.23. The molecule has 0 bridgehead atoms. The van der Waals surface area contributed by atoms with Gasteiger partial charge in [-0.15, -0.1) is 33.2 Å². The predicted molar refractivity (Wildman–Crippen MR) is 89.3 cm³/mol. The second kappa shape index (κ2) is 14.9. The fourth-order valence-electron chi connectivity index (χ4n) is 1.55. The van der Waals surface area contributed by atoms with Crippen LogP contribution in [-0.2, 0) is 14.2 Å². The highest BCUT2D eigenvalue weighted by atomic mass is 35.8. The summed E-state index contributed by atoms with van der Waals surface area (Å²) in [5.74, 6) is 0. The van der Waals surface area contributed by atoms with Crippen LogP contribution in [0.15, 0.2) is 0 Å². The molecule has 0 N–H and O–H groups in total. The number of hydrogen-bond donors (Lipinski definition) is 0. The number of ether oxygens (including phenoxy) is 3. The Morgan fingerprint density at radius 3 is 1.65 bits per heavy atom. The maximum Gasteiger partial charge on any atom is 0.341 e. The van der Waals surface area contributed by atoms with Crippen molar-refractivity contribution in [2.45, 2.75) is 45.1 Å². The summed E-state index contributed by atoms with van der Waals surface area (Å²) in [6.45, 7) is 6.11. The van der Waals surface area contributed by atoms with Crippen LogP contribution in [0.3, 0.4) is 0 Å². The summed E-state index contributed by atoms with van der Waals surface area (Å²) in [6, 6.07) is -1.83. The molecule has 0 aromatic carbocycles. The van der Waals surface area contributed by atoms with Crippen molar-refractivity contribution in [1.29, 1.82) is 0 Å². The Kier molecular flexibility index (Phi) is 15.6. The van der Waals surface area contributed by atoms with Crippen molar-refractivity contribution < 1.29 is 14.2 Å². The zero-order chi connectivity index (χ0) is 15.1. The van der Waals surface area contributed by atoms with Gasteiger partial charge in [0.25, 0.3) is 0 Å². The zero-order valence-electron chi connectivity index (χ0n) is 12.3. The molecule has 0 aliphatic rings. The van der Waals surface area contributed by atoms with Gasteiger partial charge >= 0.3 is 6.00 Å². The van der Waals surface area contributed by atoms with Crippen molar-refractivity contribution in [3.8, 4) is 0 Å². The second-order valence-corrected chi connectivity index (χ2v) is 13.9. The van der Waals surface area contributed by atoms with Gasteiger partial charge < -0.3 is 14.2 Å². The van der Waals surface area contributed by atoms with Gasteiger partial charge in [0.05, 0.1) is 26.4 Å². The summed E-state index contributed by atoms with van der Waals surface area (Å²) < 4.78 is 16.2. The first kappa shape index (κ1) is 21.0. The lowest BCUT2D eigenvalue weighted by Crippen LogP contribution is -2.12. The van der Waals surface area contributed by atoms with E-state index < -0.39 is 6.00 Å². The summed E-state index contributed by atoms with van der Waals surface area (Å²) >= 11 is 17.3. The van der Waals surface area contributed by atoms with Gasteiger partial charge in [-0.1, -0.05) is 26.2 Å². The van der Waals surface area contributed by atoms with E-state index in [-0.39, 0.29) is 0 Å². The molecule has 0 rings (SSSR count). The van der Waals surface area contributed by atoms with E-state index in [2.05, 4.69) is 6.92 Å². The van der Waals surface area contributed by atoms with Gasteiger partial charge in [-0.05, 0) is 18.9 Å². The van der Waals surface area contributed by atoms with Gasteiger partial charge in [0, 0.05) is 13.2 Å². The fourth-order valence-corrected chi connectivity index (χ4v) is 3.30. The van der Waals surface area contributed by atoms with Crippen LogP contribution in [0.4, 0.5) is 0 Å². The van der Waals surface area contributed by atoms with E-state index in [1.165, 1.54) is 19.3 Å². The molecule has 0 saturated carbocycles. The number of rotatable bonds is 15. The fraction of sp³-hybridized carbons (Fsp3) is 1.00.